The number of thiazole rings is 1. The number of carbonyl (C=O) groups is 1. The van der Waals surface area contributed by atoms with Crippen LogP contribution in [-0.4, -0.2) is 28.7 Å². The quantitative estimate of drug-likeness (QED) is 0.106. The number of nitro groups is 1. The maximum absolute atomic E-state index is 14.1. The summed E-state index contributed by atoms with van der Waals surface area (Å²) in [5.41, 5.74) is 1.99. The molecular weight excluding hydrogens is 630 g/mol. The SMILES string of the molecule is CCOC(=O)C1=C(c2ccccc2)N=c2s/c(=C\c3ccc(-c4ccc([N+](=O)[O-])cc4Cl)o3)c(=O)n2[C@H]1c1ccc(OCC)cc1. The van der Waals surface area contributed by atoms with Gasteiger partial charge in [-0.05, 0) is 49.7 Å². The minimum Gasteiger partial charge on any atom is -0.494 e. The molecule has 0 N–H and O–H groups in total. The number of nitro benzene ring substituents is 1. The van der Waals surface area contributed by atoms with Crippen LogP contribution in [0.3, 0.4) is 0 Å². The lowest BCUT2D eigenvalue weighted by Gasteiger charge is -2.26. The van der Waals surface area contributed by atoms with E-state index in [1.165, 1.54) is 22.8 Å². The van der Waals surface area contributed by atoms with Crippen LogP contribution in [0.5, 0.6) is 5.75 Å². The lowest BCUT2D eigenvalue weighted by Crippen LogP contribution is -2.40. The summed E-state index contributed by atoms with van der Waals surface area (Å²) in [5.74, 6) is 0.821. The van der Waals surface area contributed by atoms with E-state index in [4.69, 9.17) is 30.5 Å². The number of benzene rings is 3. The molecule has 3 heterocycles. The predicted molar refractivity (Wildman–Crippen MR) is 174 cm³/mol. The summed E-state index contributed by atoms with van der Waals surface area (Å²) in [4.78, 5) is 43.6. The van der Waals surface area contributed by atoms with Gasteiger partial charge < -0.3 is 13.9 Å². The number of non-ortho nitro benzene ring substituents is 1. The van der Waals surface area contributed by atoms with Crippen LogP contribution >= 0.6 is 22.9 Å². The molecule has 0 unspecified atom stereocenters. The molecule has 0 aliphatic carbocycles. The molecule has 0 bridgehead atoms. The van der Waals surface area contributed by atoms with Gasteiger partial charge in [0, 0.05) is 29.3 Å². The number of furan rings is 1. The Balaban J connectivity index is 1.52. The van der Waals surface area contributed by atoms with Gasteiger partial charge in [-0.1, -0.05) is 65.4 Å². The molecule has 232 valence electrons. The number of aromatic nitrogens is 1. The molecule has 2 aromatic heterocycles. The number of ether oxygens (including phenoxy) is 2. The molecule has 0 spiro atoms. The average Bonchev–Trinajstić information content (AvgIpc) is 3.65. The highest BCUT2D eigenvalue weighted by atomic mass is 35.5. The van der Waals surface area contributed by atoms with E-state index in [0.717, 1.165) is 11.3 Å². The Morgan fingerprint density at radius 3 is 2.50 bits per heavy atom. The van der Waals surface area contributed by atoms with Gasteiger partial charge in [0.15, 0.2) is 4.80 Å². The molecule has 1 atom stereocenters. The molecule has 46 heavy (non-hydrogen) atoms. The Labute approximate surface area is 271 Å². The van der Waals surface area contributed by atoms with Gasteiger partial charge in [-0.2, -0.15) is 0 Å². The number of halogens is 1. The molecule has 6 rings (SSSR count). The molecule has 0 amide bonds. The average molecular weight is 656 g/mol. The number of hydrogen-bond donors (Lipinski definition) is 0. The molecule has 0 radical (unpaired) electrons. The number of nitrogens with zero attached hydrogens (tertiary/aromatic N) is 3. The molecule has 0 fully saturated rings. The van der Waals surface area contributed by atoms with E-state index in [-0.39, 0.29) is 28.4 Å². The van der Waals surface area contributed by atoms with Gasteiger partial charge in [0.1, 0.15) is 17.3 Å². The van der Waals surface area contributed by atoms with Crippen LogP contribution in [0.15, 0.2) is 105 Å². The first-order valence-corrected chi connectivity index (χ1v) is 15.5. The fourth-order valence-electron chi connectivity index (χ4n) is 5.19. The van der Waals surface area contributed by atoms with Gasteiger partial charge in [0.25, 0.3) is 11.2 Å². The first kappa shape index (κ1) is 30.8. The van der Waals surface area contributed by atoms with Crippen molar-refractivity contribution in [2.45, 2.75) is 19.9 Å². The van der Waals surface area contributed by atoms with Crippen molar-refractivity contribution in [2.24, 2.45) is 4.99 Å². The second-order valence-corrected chi connectivity index (χ2v) is 11.5. The van der Waals surface area contributed by atoms with Gasteiger partial charge >= 0.3 is 5.97 Å². The molecule has 1 aliphatic rings. The van der Waals surface area contributed by atoms with E-state index in [1.54, 1.807) is 37.3 Å². The van der Waals surface area contributed by atoms with Gasteiger partial charge in [0.05, 0.1) is 45.0 Å². The monoisotopic (exact) mass is 655 g/mol. The third-order valence-corrected chi connectivity index (χ3v) is 8.51. The van der Waals surface area contributed by atoms with Gasteiger partial charge in [0.2, 0.25) is 0 Å². The number of carbonyl (C=O) groups excluding carboxylic acids is 1. The van der Waals surface area contributed by atoms with Crippen LogP contribution < -0.4 is 19.6 Å². The van der Waals surface area contributed by atoms with E-state index in [0.29, 0.717) is 55.6 Å². The first-order chi connectivity index (χ1) is 22.3. The largest absolute Gasteiger partial charge is 0.494 e. The van der Waals surface area contributed by atoms with Gasteiger partial charge in [-0.3, -0.25) is 19.5 Å². The summed E-state index contributed by atoms with van der Waals surface area (Å²) >= 11 is 7.47. The molecule has 12 heteroatoms. The normalized spacial score (nSPS) is 14.5. The minimum atomic E-state index is -0.839. The third-order valence-electron chi connectivity index (χ3n) is 7.21. The highest BCUT2D eigenvalue weighted by Crippen LogP contribution is 2.36. The van der Waals surface area contributed by atoms with Crippen molar-refractivity contribution in [1.29, 1.82) is 0 Å². The lowest BCUT2D eigenvalue weighted by atomic mass is 9.93. The van der Waals surface area contributed by atoms with Crippen LogP contribution in [0.25, 0.3) is 23.1 Å². The highest BCUT2D eigenvalue weighted by molar-refractivity contribution is 7.07. The van der Waals surface area contributed by atoms with Crippen molar-refractivity contribution >= 4 is 46.4 Å². The fraction of sp³-hybridized carbons (Fsp3) is 0.147. The first-order valence-electron chi connectivity index (χ1n) is 14.3. The number of esters is 1. The Bertz CT molecular complexity index is 2170. The lowest BCUT2D eigenvalue weighted by molar-refractivity contribution is -0.384. The third kappa shape index (κ3) is 5.90. The zero-order valence-corrected chi connectivity index (χ0v) is 26.2. The Morgan fingerprint density at radius 1 is 1.07 bits per heavy atom. The molecule has 0 saturated carbocycles. The molecule has 10 nitrogen and oxygen atoms in total. The van der Waals surface area contributed by atoms with Crippen LogP contribution in [-0.2, 0) is 9.53 Å². The number of fused-ring (bicyclic) bond motifs is 1. The maximum atomic E-state index is 14.1. The Kier molecular flexibility index (Phi) is 8.69. The predicted octanol–water partition coefficient (Wildman–Crippen LogP) is 6.16. The highest BCUT2D eigenvalue weighted by Gasteiger charge is 2.35. The fourth-order valence-corrected chi connectivity index (χ4v) is 6.44. The van der Waals surface area contributed by atoms with Crippen molar-refractivity contribution in [3.63, 3.8) is 0 Å². The molecular formula is C34H26ClN3O7S. The van der Waals surface area contributed by atoms with Crippen molar-refractivity contribution in [3.05, 3.63) is 142 Å². The van der Waals surface area contributed by atoms with Crippen LogP contribution in [0.1, 0.15) is 36.8 Å². The zero-order chi connectivity index (χ0) is 32.4. The van der Waals surface area contributed by atoms with Crippen molar-refractivity contribution in [3.8, 4) is 17.1 Å². The van der Waals surface area contributed by atoms with E-state index in [1.807, 2.05) is 49.4 Å². The Morgan fingerprint density at radius 2 is 1.83 bits per heavy atom. The summed E-state index contributed by atoms with van der Waals surface area (Å²) < 4.78 is 19.0. The number of hydrogen-bond acceptors (Lipinski definition) is 9. The number of rotatable bonds is 9. The van der Waals surface area contributed by atoms with Crippen molar-refractivity contribution in [1.82, 2.24) is 4.57 Å². The van der Waals surface area contributed by atoms with E-state index < -0.39 is 16.9 Å². The van der Waals surface area contributed by atoms with Gasteiger partial charge in [-0.15, -0.1) is 0 Å². The zero-order valence-electron chi connectivity index (χ0n) is 24.6. The standard InChI is InChI=1S/C34H26ClN3O7S/c1-3-43-23-13-10-21(11-14-23)31-29(33(40)44-4-2)30(20-8-6-5-7-9-20)36-34-37(31)32(39)28(46-34)19-24-15-17-27(45-24)25-16-12-22(38(41)42)18-26(25)35/h5-19,31H,3-4H2,1-2H3/b28-19-/t31-/m0/s1. The summed E-state index contributed by atoms with van der Waals surface area (Å²) in [6.07, 6.45) is 1.60. The van der Waals surface area contributed by atoms with E-state index in [2.05, 4.69) is 0 Å². The topological polar surface area (TPSA) is 126 Å². The summed E-state index contributed by atoms with van der Waals surface area (Å²) in [7, 11) is 0. The minimum absolute atomic E-state index is 0.138. The van der Waals surface area contributed by atoms with Crippen LogP contribution in [0, 0.1) is 10.1 Å². The van der Waals surface area contributed by atoms with Crippen molar-refractivity contribution < 1.29 is 23.6 Å². The molecule has 3 aromatic carbocycles. The van der Waals surface area contributed by atoms with Crippen LogP contribution in [0.2, 0.25) is 5.02 Å². The van der Waals surface area contributed by atoms with Gasteiger partial charge in [-0.25, -0.2) is 9.79 Å². The maximum Gasteiger partial charge on any atom is 0.338 e. The second kappa shape index (κ2) is 13.0. The summed E-state index contributed by atoms with van der Waals surface area (Å²) in [6, 6.07) is 23.2. The summed E-state index contributed by atoms with van der Waals surface area (Å²) in [5, 5.41) is 11.3. The molecule has 0 saturated heterocycles. The van der Waals surface area contributed by atoms with Crippen LogP contribution in [0.4, 0.5) is 5.69 Å². The van der Waals surface area contributed by atoms with E-state index in [9.17, 15) is 19.7 Å². The molecule has 5 aromatic rings. The summed E-state index contributed by atoms with van der Waals surface area (Å²) in [6.45, 7) is 4.25. The van der Waals surface area contributed by atoms with E-state index >= 15 is 0 Å². The Hall–Kier alpha value is -5.26. The smallest absolute Gasteiger partial charge is 0.338 e. The second-order valence-electron chi connectivity index (χ2n) is 10.1. The van der Waals surface area contributed by atoms with Crippen molar-refractivity contribution in [2.75, 3.05) is 13.2 Å². The molecule has 1 aliphatic heterocycles.